The number of halogens is 1. The number of carbonyl (C=O) groups excluding carboxylic acids is 2. The fraction of sp³-hybridized carbons (Fsp3) is 0.250. The Morgan fingerprint density at radius 3 is 2.46 bits per heavy atom. The van der Waals surface area contributed by atoms with Gasteiger partial charge in [0.2, 0.25) is 0 Å². The molecule has 0 N–H and O–H groups in total. The Morgan fingerprint density at radius 1 is 1.12 bits per heavy atom. The number of fused-ring (bicyclic) bond motifs is 1. The Balaban J connectivity index is 2.00. The number of carbonyl (C=O) groups is 2. The molecule has 0 aromatic heterocycles. The molecule has 3 rings (SSSR count). The number of hydrogen-bond acceptors (Lipinski definition) is 3. The summed E-state index contributed by atoms with van der Waals surface area (Å²) >= 11 is 6.30. The number of anilines is 1. The third-order valence-electron chi connectivity index (χ3n) is 3.75. The lowest BCUT2D eigenvalue weighted by atomic mass is 10.1. The van der Waals surface area contributed by atoms with E-state index in [2.05, 4.69) is 4.99 Å². The van der Waals surface area contributed by atoms with Crippen molar-refractivity contribution in [2.45, 2.75) is 32.9 Å². The molecule has 0 atom stereocenters. The molecule has 0 unspecified atom stereocenters. The molecule has 0 bridgehead atoms. The average molecular weight is 371 g/mol. The van der Waals surface area contributed by atoms with E-state index in [1.54, 1.807) is 43.9 Å². The van der Waals surface area contributed by atoms with Gasteiger partial charge in [0, 0.05) is 5.56 Å². The highest BCUT2D eigenvalue weighted by Gasteiger charge is 2.36. The molecule has 6 heteroatoms. The molecule has 1 aliphatic heterocycles. The minimum atomic E-state index is -0.812. The Morgan fingerprint density at radius 2 is 1.81 bits per heavy atom. The zero-order valence-corrected chi connectivity index (χ0v) is 15.6. The van der Waals surface area contributed by atoms with Crippen LogP contribution in [0.15, 0.2) is 53.5 Å². The van der Waals surface area contributed by atoms with Crippen LogP contribution in [0.25, 0.3) is 0 Å². The van der Waals surface area contributed by atoms with Gasteiger partial charge < -0.3 is 9.64 Å². The molecule has 2 amide bonds. The van der Waals surface area contributed by atoms with Gasteiger partial charge >= 0.3 is 6.09 Å². The maximum Gasteiger partial charge on any atom is 0.434 e. The molecule has 1 heterocycles. The van der Waals surface area contributed by atoms with Gasteiger partial charge in [0.1, 0.15) is 11.3 Å². The van der Waals surface area contributed by atoms with Gasteiger partial charge in [-0.15, -0.1) is 0 Å². The monoisotopic (exact) mass is 370 g/mol. The van der Waals surface area contributed by atoms with Gasteiger partial charge in [-0.05, 0) is 38.5 Å². The molecular formula is C20H19ClN2O3. The standard InChI is InChI=1S/C20H19ClN2O3/c1-20(2,3)26-19(25)22-17-16-14(21)10-7-11-15(16)23(18(17)24)12-13-8-5-4-6-9-13/h4-11H,12H2,1-3H3/b22-17-. The van der Waals surface area contributed by atoms with Crippen molar-refractivity contribution in [1.29, 1.82) is 0 Å². The predicted octanol–water partition coefficient (Wildman–Crippen LogP) is 4.61. The Labute approximate surface area is 157 Å². The summed E-state index contributed by atoms with van der Waals surface area (Å²) in [5, 5.41) is 0.369. The third kappa shape index (κ3) is 3.78. The third-order valence-corrected chi connectivity index (χ3v) is 4.06. The summed E-state index contributed by atoms with van der Waals surface area (Å²) in [5.74, 6) is -0.372. The zero-order valence-electron chi connectivity index (χ0n) is 14.8. The van der Waals surface area contributed by atoms with Gasteiger partial charge in [0.15, 0.2) is 0 Å². The summed E-state index contributed by atoms with van der Waals surface area (Å²) in [6, 6.07) is 14.8. The lowest BCUT2D eigenvalue weighted by Gasteiger charge is -2.17. The number of rotatable bonds is 2. The van der Waals surface area contributed by atoms with Crippen molar-refractivity contribution in [3.8, 4) is 0 Å². The van der Waals surface area contributed by atoms with Crippen LogP contribution in [0.2, 0.25) is 5.02 Å². The molecular weight excluding hydrogens is 352 g/mol. The van der Waals surface area contributed by atoms with Gasteiger partial charge in [0.25, 0.3) is 5.91 Å². The molecule has 2 aromatic rings. The summed E-state index contributed by atoms with van der Waals surface area (Å²) in [5.41, 5.74) is 1.37. The Kier molecular flexibility index (Phi) is 4.83. The first-order valence-electron chi connectivity index (χ1n) is 8.22. The molecule has 134 valence electrons. The van der Waals surface area contributed by atoms with E-state index in [0.717, 1.165) is 5.56 Å². The van der Waals surface area contributed by atoms with Crippen LogP contribution in [0.4, 0.5) is 10.5 Å². The highest BCUT2D eigenvalue weighted by atomic mass is 35.5. The Bertz CT molecular complexity index is 886. The first-order valence-corrected chi connectivity index (χ1v) is 8.60. The Hall–Kier alpha value is -2.66. The number of amides is 2. The zero-order chi connectivity index (χ0) is 18.9. The second-order valence-corrected chi connectivity index (χ2v) is 7.36. The minimum Gasteiger partial charge on any atom is -0.442 e. The fourth-order valence-corrected chi connectivity index (χ4v) is 2.98. The van der Waals surface area contributed by atoms with Crippen molar-refractivity contribution in [2.24, 2.45) is 4.99 Å². The fourth-order valence-electron chi connectivity index (χ4n) is 2.72. The molecule has 26 heavy (non-hydrogen) atoms. The van der Waals surface area contributed by atoms with Crippen LogP contribution in [0, 0.1) is 0 Å². The first kappa shape index (κ1) is 18.1. The largest absolute Gasteiger partial charge is 0.442 e. The quantitative estimate of drug-likeness (QED) is 0.775. The van der Waals surface area contributed by atoms with Crippen molar-refractivity contribution >= 4 is 35.0 Å². The second kappa shape index (κ2) is 6.92. The second-order valence-electron chi connectivity index (χ2n) is 6.95. The number of nitrogens with zero attached hydrogens (tertiary/aromatic N) is 2. The highest BCUT2D eigenvalue weighted by Crippen LogP contribution is 2.35. The van der Waals surface area contributed by atoms with Crippen molar-refractivity contribution < 1.29 is 14.3 Å². The molecule has 2 aromatic carbocycles. The van der Waals surface area contributed by atoms with E-state index in [4.69, 9.17) is 16.3 Å². The molecule has 0 spiro atoms. The maximum absolute atomic E-state index is 12.9. The summed E-state index contributed by atoms with van der Waals surface area (Å²) in [6.45, 7) is 5.58. The number of aliphatic imine (C=N–C) groups is 1. The number of hydrogen-bond donors (Lipinski definition) is 0. The topological polar surface area (TPSA) is 59.0 Å². The normalized spacial score (nSPS) is 15.3. The molecule has 5 nitrogen and oxygen atoms in total. The number of benzene rings is 2. The molecule has 0 aliphatic carbocycles. The minimum absolute atomic E-state index is 0.00998. The van der Waals surface area contributed by atoms with E-state index in [0.29, 0.717) is 22.8 Å². The SMILES string of the molecule is CC(C)(C)OC(=O)/N=C1\C(=O)N(Cc2ccccc2)c2cccc(Cl)c21. The van der Waals surface area contributed by atoms with E-state index in [1.165, 1.54) is 0 Å². The van der Waals surface area contributed by atoms with Crippen molar-refractivity contribution in [1.82, 2.24) is 0 Å². The van der Waals surface area contributed by atoms with Gasteiger partial charge in [-0.1, -0.05) is 48.0 Å². The van der Waals surface area contributed by atoms with Gasteiger partial charge in [-0.25, -0.2) is 4.79 Å². The molecule has 0 saturated carbocycles. The van der Waals surface area contributed by atoms with Crippen molar-refractivity contribution in [2.75, 3.05) is 4.90 Å². The maximum atomic E-state index is 12.9. The van der Waals surface area contributed by atoms with E-state index >= 15 is 0 Å². The molecule has 1 aliphatic rings. The first-order chi connectivity index (χ1) is 12.3. The molecule has 0 saturated heterocycles. The number of ether oxygens (including phenoxy) is 1. The van der Waals surface area contributed by atoms with Crippen LogP contribution in [-0.2, 0) is 16.1 Å². The summed E-state index contributed by atoms with van der Waals surface area (Å²) in [4.78, 5) is 30.6. The molecule has 0 fully saturated rings. The van der Waals surface area contributed by atoms with Gasteiger partial charge in [0.05, 0.1) is 17.3 Å². The predicted molar refractivity (Wildman–Crippen MR) is 102 cm³/mol. The van der Waals surface area contributed by atoms with Crippen LogP contribution in [0.5, 0.6) is 0 Å². The highest BCUT2D eigenvalue weighted by molar-refractivity contribution is 6.57. The van der Waals surface area contributed by atoms with Crippen LogP contribution in [0.3, 0.4) is 0 Å². The van der Waals surface area contributed by atoms with Crippen LogP contribution in [-0.4, -0.2) is 23.3 Å². The van der Waals surface area contributed by atoms with Crippen molar-refractivity contribution in [3.05, 3.63) is 64.7 Å². The summed E-state index contributed by atoms with van der Waals surface area (Å²) in [6.07, 6.45) is -0.812. The lowest BCUT2D eigenvalue weighted by molar-refractivity contribution is -0.112. The summed E-state index contributed by atoms with van der Waals surface area (Å²) in [7, 11) is 0. The molecule has 0 radical (unpaired) electrons. The smallest absolute Gasteiger partial charge is 0.434 e. The van der Waals surface area contributed by atoms with E-state index < -0.39 is 11.7 Å². The average Bonchev–Trinajstić information content (AvgIpc) is 2.81. The van der Waals surface area contributed by atoms with Crippen LogP contribution < -0.4 is 4.90 Å². The van der Waals surface area contributed by atoms with Crippen LogP contribution in [0.1, 0.15) is 31.9 Å². The summed E-state index contributed by atoms with van der Waals surface area (Å²) < 4.78 is 5.22. The van der Waals surface area contributed by atoms with Crippen molar-refractivity contribution in [3.63, 3.8) is 0 Å². The van der Waals surface area contributed by atoms with Crippen LogP contribution >= 0.6 is 11.6 Å². The van der Waals surface area contributed by atoms with Gasteiger partial charge in [-0.2, -0.15) is 4.99 Å². The van der Waals surface area contributed by atoms with E-state index in [1.807, 2.05) is 30.3 Å². The van der Waals surface area contributed by atoms with E-state index in [9.17, 15) is 9.59 Å². The lowest BCUT2D eigenvalue weighted by Crippen LogP contribution is -2.30. The van der Waals surface area contributed by atoms with E-state index in [-0.39, 0.29) is 11.6 Å². The van der Waals surface area contributed by atoms with Gasteiger partial charge in [-0.3, -0.25) is 4.79 Å².